The van der Waals surface area contributed by atoms with Crippen LogP contribution in [0.3, 0.4) is 0 Å². The number of carbonyl (C=O) groups excluding carboxylic acids is 1. The third-order valence-corrected chi connectivity index (χ3v) is 4.13. The van der Waals surface area contributed by atoms with Crippen LogP contribution < -0.4 is 11.1 Å². The van der Waals surface area contributed by atoms with Crippen LogP contribution in [0.4, 0.5) is 5.69 Å². The average molecular weight is 384 g/mol. The molecule has 0 spiro atoms. The van der Waals surface area contributed by atoms with Crippen LogP contribution in [0.15, 0.2) is 40.9 Å². The van der Waals surface area contributed by atoms with Gasteiger partial charge >= 0.3 is 0 Å². The van der Waals surface area contributed by atoms with Gasteiger partial charge in [0.15, 0.2) is 0 Å². The number of halogens is 2. The summed E-state index contributed by atoms with van der Waals surface area (Å²) < 4.78 is 0.835. The van der Waals surface area contributed by atoms with Gasteiger partial charge in [-0.1, -0.05) is 45.8 Å². The summed E-state index contributed by atoms with van der Waals surface area (Å²) in [6, 6.07) is 10.5. The molecule has 0 saturated carbocycles. The Kier molecular flexibility index (Phi) is 4.98. The highest BCUT2D eigenvalue weighted by Crippen LogP contribution is 2.24. The highest BCUT2D eigenvalue weighted by molar-refractivity contribution is 9.10. The van der Waals surface area contributed by atoms with E-state index in [-0.39, 0.29) is 10.9 Å². The second kappa shape index (κ2) is 6.56. The Morgan fingerprint density at radius 3 is 2.67 bits per heavy atom. The minimum absolute atomic E-state index is 0.217. The summed E-state index contributed by atoms with van der Waals surface area (Å²) in [6.07, 6.45) is 0. The third-order valence-electron chi connectivity index (χ3n) is 3.01. The number of thiocarbonyl (C=S) groups is 1. The fourth-order valence-electron chi connectivity index (χ4n) is 1.87. The van der Waals surface area contributed by atoms with E-state index in [9.17, 15) is 4.79 Å². The van der Waals surface area contributed by atoms with Crippen molar-refractivity contribution in [2.75, 3.05) is 5.32 Å². The largest absolute Gasteiger partial charge is 0.389 e. The molecule has 2 rings (SSSR count). The second-order valence-corrected chi connectivity index (χ2v) is 6.18. The Hall–Kier alpha value is -1.43. The lowest BCUT2D eigenvalue weighted by Crippen LogP contribution is -2.18. The Bertz CT molecular complexity index is 734. The third kappa shape index (κ3) is 3.61. The van der Waals surface area contributed by atoms with Crippen molar-refractivity contribution in [3.63, 3.8) is 0 Å². The maximum Gasteiger partial charge on any atom is 0.256 e. The van der Waals surface area contributed by atoms with Crippen LogP contribution in [-0.2, 0) is 0 Å². The van der Waals surface area contributed by atoms with Gasteiger partial charge in [0.1, 0.15) is 4.99 Å². The molecular formula is C15H12BrClN2OS. The molecule has 0 aliphatic heterocycles. The molecule has 2 aromatic carbocycles. The van der Waals surface area contributed by atoms with Gasteiger partial charge in [-0.05, 0) is 42.8 Å². The number of hydrogen-bond donors (Lipinski definition) is 2. The zero-order chi connectivity index (χ0) is 15.6. The Morgan fingerprint density at radius 1 is 1.29 bits per heavy atom. The molecule has 0 fully saturated rings. The summed E-state index contributed by atoms with van der Waals surface area (Å²) in [5.74, 6) is -0.255. The summed E-state index contributed by atoms with van der Waals surface area (Å²) in [5, 5.41) is 3.37. The average Bonchev–Trinajstić information content (AvgIpc) is 2.43. The van der Waals surface area contributed by atoms with Gasteiger partial charge in [0.05, 0.1) is 5.69 Å². The second-order valence-electron chi connectivity index (χ2n) is 4.42. The van der Waals surface area contributed by atoms with Crippen LogP contribution in [-0.4, -0.2) is 10.9 Å². The van der Waals surface area contributed by atoms with Crippen molar-refractivity contribution in [3.8, 4) is 0 Å². The van der Waals surface area contributed by atoms with Gasteiger partial charge in [-0.3, -0.25) is 4.79 Å². The molecule has 0 heterocycles. The molecule has 0 unspecified atom stereocenters. The topological polar surface area (TPSA) is 55.1 Å². The normalized spacial score (nSPS) is 10.2. The van der Waals surface area contributed by atoms with E-state index in [1.807, 2.05) is 6.07 Å². The molecule has 0 aromatic heterocycles. The number of carbonyl (C=O) groups is 1. The fourth-order valence-corrected chi connectivity index (χ4v) is 2.58. The molecule has 0 aliphatic carbocycles. The monoisotopic (exact) mass is 382 g/mol. The molecule has 108 valence electrons. The zero-order valence-electron chi connectivity index (χ0n) is 11.1. The van der Waals surface area contributed by atoms with Crippen molar-refractivity contribution in [2.24, 2.45) is 5.73 Å². The van der Waals surface area contributed by atoms with E-state index in [0.29, 0.717) is 21.8 Å². The molecule has 2 aromatic rings. The summed E-state index contributed by atoms with van der Waals surface area (Å²) in [5.41, 5.74) is 8.10. The molecule has 6 heteroatoms. The van der Waals surface area contributed by atoms with Gasteiger partial charge in [0, 0.05) is 20.6 Å². The maximum absolute atomic E-state index is 12.4. The van der Waals surface area contributed by atoms with Crippen molar-refractivity contribution >= 4 is 56.3 Å². The maximum atomic E-state index is 12.4. The first kappa shape index (κ1) is 15.9. The fraction of sp³-hybridized carbons (Fsp3) is 0.0667. The van der Waals surface area contributed by atoms with Crippen molar-refractivity contribution < 1.29 is 4.79 Å². The van der Waals surface area contributed by atoms with E-state index < -0.39 is 0 Å². The molecular weight excluding hydrogens is 372 g/mol. The van der Waals surface area contributed by atoms with E-state index >= 15 is 0 Å². The quantitative estimate of drug-likeness (QED) is 0.777. The van der Waals surface area contributed by atoms with Gasteiger partial charge < -0.3 is 11.1 Å². The van der Waals surface area contributed by atoms with Crippen molar-refractivity contribution in [3.05, 3.63) is 62.6 Å². The number of nitrogens with two attached hydrogens (primary N) is 1. The lowest BCUT2D eigenvalue weighted by molar-refractivity contribution is 0.102. The lowest BCUT2D eigenvalue weighted by Gasteiger charge is -2.12. The van der Waals surface area contributed by atoms with E-state index in [1.165, 1.54) is 0 Å². The van der Waals surface area contributed by atoms with Crippen LogP contribution in [0.1, 0.15) is 21.5 Å². The lowest BCUT2D eigenvalue weighted by atomic mass is 10.1. The molecule has 0 radical (unpaired) electrons. The molecule has 0 saturated heterocycles. The first-order valence-corrected chi connectivity index (χ1v) is 7.64. The highest BCUT2D eigenvalue weighted by Gasteiger charge is 2.14. The Balaban J connectivity index is 2.36. The number of hydrogen-bond acceptors (Lipinski definition) is 2. The minimum atomic E-state index is -0.255. The smallest absolute Gasteiger partial charge is 0.256 e. The predicted molar refractivity (Wildman–Crippen MR) is 94.2 cm³/mol. The van der Waals surface area contributed by atoms with Gasteiger partial charge in [0.2, 0.25) is 0 Å². The molecule has 3 N–H and O–H groups in total. The van der Waals surface area contributed by atoms with E-state index in [0.717, 1.165) is 10.0 Å². The summed E-state index contributed by atoms with van der Waals surface area (Å²) >= 11 is 14.4. The van der Waals surface area contributed by atoms with Crippen LogP contribution in [0.2, 0.25) is 5.02 Å². The van der Waals surface area contributed by atoms with Crippen LogP contribution >= 0.6 is 39.7 Å². The van der Waals surface area contributed by atoms with E-state index in [2.05, 4.69) is 21.2 Å². The van der Waals surface area contributed by atoms with E-state index in [1.54, 1.807) is 37.3 Å². The molecule has 1 amide bonds. The summed E-state index contributed by atoms with van der Waals surface area (Å²) in [4.78, 5) is 12.6. The zero-order valence-corrected chi connectivity index (χ0v) is 14.3. The van der Waals surface area contributed by atoms with Crippen LogP contribution in [0.5, 0.6) is 0 Å². The van der Waals surface area contributed by atoms with Crippen molar-refractivity contribution in [2.45, 2.75) is 6.92 Å². The molecule has 0 aliphatic rings. The molecule has 3 nitrogen and oxygen atoms in total. The van der Waals surface area contributed by atoms with Gasteiger partial charge in [-0.2, -0.15) is 0 Å². The first-order chi connectivity index (χ1) is 9.90. The van der Waals surface area contributed by atoms with Gasteiger partial charge in [0.25, 0.3) is 5.91 Å². The Morgan fingerprint density at radius 2 is 2.00 bits per heavy atom. The number of amides is 1. The predicted octanol–water partition coefficient (Wildman–Crippen LogP) is 4.30. The van der Waals surface area contributed by atoms with E-state index in [4.69, 9.17) is 29.6 Å². The number of anilines is 1. The number of nitrogens with one attached hydrogen (secondary N) is 1. The molecule has 0 atom stereocenters. The van der Waals surface area contributed by atoms with Crippen LogP contribution in [0.25, 0.3) is 0 Å². The minimum Gasteiger partial charge on any atom is -0.389 e. The number of rotatable bonds is 3. The van der Waals surface area contributed by atoms with Crippen molar-refractivity contribution in [1.82, 2.24) is 0 Å². The standard InChI is InChI=1S/C15H12BrClN2OS/c1-8-10(3-2-4-12(8)17)15(20)19-13-6-5-9(16)7-11(13)14(18)21/h2-7H,1H3,(H2,18,21)(H,19,20). The summed E-state index contributed by atoms with van der Waals surface area (Å²) in [6.45, 7) is 1.80. The summed E-state index contributed by atoms with van der Waals surface area (Å²) in [7, 11) is 0. The van der Waals surface area contributed by atoms with Crippen molar-refractivity contribution in [1.29, 1.82) is 0 Å². The van der Waals surface area contributed by atoms with Crippen LogP contribution in [0, 0.1) is 6.92 Å². The molecule has 0 bridgehead atoms. The number of benzene rings is 2. The molecule has 21 heavy (non-hydrogen) atoms. The first-order valence-electron chi connectivity index (χ1n) is 6.06. The highest BCUT2D eigenvalue weighted by atomic mass is 79.9. The Labute approximate surface area is 141 Å². The van der Waals surface area contributed by atoms with Gasteiger partial charge in [-0.25, -0.2) is 0 Å². The SMILES string of the molecule is Cc1c(Cl)cccc1C(=O)Nc1ccc(Br)cc1C(N)=S. The van der Waals surface area contributed by atoms with Gasteiger partial charge in [-0.15, -0.1) is 0 Å².